The van der Waals surface area contributed by atoms with Crippen LogP contribution in [0.15, 0.2) is 52.5 Å². The van der Waals surface area contributed by atoms with Gasteiger partial charge in [0.15, 0.2) is 5.88 Å². The van der Waals surface area contributed by atoms with Crippen molar-refractivity contribution >= 4 is 17.9 Å². The lowest BCUT2D eigenvalue weighted by Crippen LogP contribution is -2.35. The van der Waals surface area contributed by atoms with Gasteiger partial charge >= 0.3 is 0 Å². The van der Waals surface area contributed by atoms with Gasteiger partial charge in [0.2, 0.25) is 0 Å². The van der Waals surface area contributed by atoms with Gasteiger partial charge in [-0.15, -0.1) is 0 Å². The fourth-order valence-electron chi connectivity index (χ4n) is 2.76. The number of rotatable bonds is 5. The highest BCUT2D eigenvalue weighted by Gasteiger charge is 2.17. The maximum absolute atomic E-state index is 12.4. The van der Waals surface area contributed by atoms with E-state index in [2.05, 4.69) is 10.2 Å². The maximum atomic E-state index is 12.4. The minimum Gasteiger partial charge on any atom is -0.441 e. The average molecular weight is 351 g/mol. The molecule has 0 bridgehead atoms. The Labute approximate surface area is 152 Å². The van der Waals surface area contributed by atoms with Crippen LogP contribution in [0.1, 0.15) is 24.3 Å². The minimum absolute atomic E-state index is 0.00987. The summed E-state index contributed by atoms with van der Waals surface area (Å²) in [6.07, 6.45) is 1.47. The first-order chi connectivity index (χ1) is 12.7. The molecule has 1 N–H and O–H groups in total. The van der Waals surface area contributed by atoms with Crippen LogP contribution in [0.4, 0.5) is 5.88 Å². The molecule has 1 fully saturated rings. The predicted molar refractivity (Wildman–Crippen MR) is 98.3 cm³/mol. The lowest BCUT2D eigenvalue weighted by atomic mass is 10.1. The largest absolute Gasteiger partial charge is 0.441 e. The van der Waals surface area contributed by atoms with Gasteiger partial charge < -0.3 is 19.4 Å². The summed E-state index contributed by atoms with van der Waals surface area (Å²) >= 11 is 0. The van der Waals surface area contributed by atoms with Crippen molar-refractivity contribution in [3.8, 4) is 6.07 Å². The van der Waals surface area contributed by atoms with E-state index in [1.807, 2.05) is 49.4 Å². The highest BCUT2D eigenvalue weighted by Crippen LogP contribution is 2.21. The van der Waals surface area contributed by atoms with Crippen LogP contribution in [0.25, 0.3) is 6.08 Å². The molecule has 134 valence electrons. The van der Waals surface area contributed by atoms with Gasteiger partial charge in [-0.25, -0.2) is 0 Å². The Morgan fingerprint density at radius 2 is 1.96 bits per heavy atom. The number of hydrogen-bond acceptors (Lipinski definition) is 5. The van der Waals surface area contributed by atoms with Crippen molar-refractivity contribution in [2.45, 2.75) is 13.0 Å². The zero-order valence-corrected chi connectivity index (χ0v) is 14.6. The Morgan fingerprint density at radius 1 is 1.23 bits per heavy atom. The number of carbonyl (C=O) groups excluding carboxylic acids is 1. The summed E-state index contributed by atoms with van der Waals surface area (Å²) in [5.41, 5.74) is 0.987. The average Bonchev–Trinajstić information content (AvgIpc) is 3.16. The van der Waals surface area contributed by atoms with Gasteiger partial charge in [-0.2, -0.15) is 5.26 Å². The third kappa shape index (κ3) is 4.32. The van der Waals surface area contributed by atoms with Crippen LogP contribution >= 0.6 is 0 Å². The molecule has 1 aliphatic heterocycles. The van der Waals surface area contributed by atoms with E-state index in [0.717, 1.165) is 24.5 Å². The number of morpholine rings is 1. The number of benzene rings is 1. The van der Waals surface area contributed by atoms with Gasteiger partial charge in [0.25, 0.3) is 5.91 Å². The number of nitriles is 1. The van der Waals surface area contributed by atoms with Crippen LogP contribution in [0.2, 0.25) is 0 Å². The Kier molecular flexibility index (Phi) is 5.72. The zero-order valence-electron chi connectivity index (χ0n) is 14.6. The third-order valence-corrected chi connectivity index (χ3v) is 4.23. The molecule has 3 rings (SSSR count). The number of anilines is 1. The molecule has 6 nitrogen and oxygen atoms in total. The van der Waals surface area contributed by atoms with E-state index in [4.69, 9.17) is 9.15 Å². The molecule has 1 aromatic carbocycles. The number of nitrogens with zero attached hydrogens (tertiary/aromatic N) is 2. The third-order valence-electron chi connectivity index (χ3n) is 4.23. The summed E-state index contributed by atoms with van der Waals surface area (Å²) in [6, 6.07) is 15.0. The smallest absolute Gasteiger partial charge is 0.262 e. The van der Waals surface area contributed by atoms with E-state index in [0.29, 0.717) is 19.0 Å². The Morgan fingerprint density at radius 3 is 2.65 bits per heavy atom. The number of ether oxygens (including phenoxy) is 1. The second-order valence-electron chi connectivity index (χ2n) is 6.05. The standard InChI is InChI=1S/C20H21N3O3/c1-15(16-5-3-2-4-6-16)22-20(24)17(14-21)13-18-7-8-19(26-18)23-9-11-25-12-10-23/h2-8,13,15H,9-12H2,1H3,(H,22,24). The van der Waals surface area contributed by atoms with Gasteiger partial charge in [0, 0.05) is 25.2 Å². The molecule has 1 saturated heterocycles. The Balaban J connectivity index is 1.68. The molecule has 1 amide bonds. The van der Waals surface area contributed by atoms with Crippen molar-refractivity contribution in [1.29, 1.82) is 5.26 Å². The van der Waals surface area contributed by atoms with Crippen LogP contribution in [0, 0.1) is 11.3 Å². The molecule has 0 aliphatic carbocycles. The van der Waals surface area contributed by atoms with E-state index in [1.54, 1.807) is 6.07 Å². The van der Waals surface area contributed by atoms with Crippen LogP contribution < -0.4 is 10.2 Å². The normalized spacial score (nSPS) is 16.0. The van der Waals surface area contributed by atoms with Crippen molar-refractivity contribution in [2.24, 2.45) is 0 Å². The topological polar surface area (TPSA) is 78.5 Å². The first-order valence-electron chi connectivity index (χ1n) is 8.57. The van der Waals surface area contributed by atoms with Crippen LogP contribution in [0.3, 0.4) is 0 Å². The summed E-state index contributed by atoms with van der Waals surface area (Å²) in [6.45, 7) is 4.73. The van der Waals surface area contributed by atoms with Crippen molar-refractivity contribution < 1.29 is 13.9 Å². The van der Waals surface area contributed by atoms with Crippen LogP contribution in [-0.4, -0.2) is 32.2 Å². The van der Waals surface area contributed by atoms with Gasteiger partial charge in [0.1, 0.15) is 17.4 Å². The molecule has 6 heteroatoms. The summed E-state index contributed by atoms with van der Waals surface area (Å²) in [7, 11) is 0. The molecule has 0 radical (unpaired) electrons. The second-order valence-corrected chi connectivity index (χ2v) is 6.05. The van der Waals surface area contributed by atoms with Crippen LogP contribution in [0.5, 0.6) is 0 Å². The summed E-state index contributed by atoms with van der Waals surface area (Å²) in [5, 5.41) is 12.2. The van der Waals surface area contributed by atoms with E-state index in [-0.39, 0.29) is 11.6 Å². The zero-order chi connectivity index (χ0) is 18.4. The van der Waals surface area contributed by atoms with Crippen molar-refractivity contribution in [2.75, 3.05) is 31.2 Å². The van der Waals surface area contributed by atoms with E-state index < -0.39 is 5.91 Å². The number of nitrogens with one attached hydrogen (secondary N) is 1. The molecule has 2 aromatic rings. The van der Waals surface area contributed by atoms with Gasteiger partial charge in [-0.05, 0) is 18.6 Å². The number of furan rings is 1. The van der Waals surface area contributed by atoms with Gasteiger partial charge in [-0.3, -0.25) is 4.79 Å². The highest BCUT2D eigenvalue weighted by molar-refractivity contribution is 6.01. The van der Waals surface area contributed by atoms with Crippen molar-refractivity contribution in [3.63, 3.8) is 0 Å². The molecule has 26 heavy (non-hydrogen) atoms. The molecular weight excluding hydrogens is 330 g/mol. The Bertz CT molecular complexity index is 814. The lowest BCUT2D eigenvalue weighted by Gasteiger charge is -2.26. The van der Waals surface area contributed by atoms with Crippen molar-refractivity contribution in [1.82, 2.24) is 5.32 Å². The molecule has 1 atom stereocenters. The molecule has 0 saturated carbocycles. The lowest BCUT2D eigenvalue weighted by molar-refractivity contribution is -0.117. The minimum atomic E-state index is -0.423. The van der Waals surface area contributed by atoms with E-state index >= 15 is 0 Å². The highest BCUT2D eigenvalue weighted by atomic mass is 16.5. The Hall–Kier alpha value is -3.04. The number of carbonyl (C=O) groups is 1. The number of amides is 1. The van der Waals surface area contributed by atoms with Gasteiger partial charge in [-0.1, -0.05) is 30.3 Å². The molecule has 1 aliphatic rings. The van der Waals surface area contributed by atoms with E-state index in [9.17, 15) is 10.1 Å². The molecule has 0 spiro atoms. The van der Waals surface area contributed by atoms with Crippen molar-refractivity contribution in [3.05, 3.63) is 59.4 Å². The fraction of sp³-hybridized carbons (Fsp3) is 0.300. The monoisotopic (exact) mass is 351 g/mol. The summed E-state index contributed by atoms with van der Waals surface area (Å²) in [4.78, 5) is 14.5. The second kappa shape index (κ2) is 8.37. The molecule has 2 heterocycles. The number of hydrogen-bond donors (Lipinski definition) is 1. The first kappa shape index (κ1) is 17.8. The van der Waals surface area contributed by atoms with Crippen LogP contribution in [-0.2, 0) is 9.53 Å². The van der Waals surface area contributed by atoms with Gasteiger partial charge in [0.05, 0.1) is 19.3 Å². The molecular formula is C20H21N3O3. The summed E-state index contributed by atoms with van der Waals surface area (Å²) in [5.74, 6) is 0.772. The molecule has 1 unspecified atom stereocenters. The van der Waals surface area contributed by atoms with E-state index in [1.165, 1.54) is 6.08 Å². The predicted octanol–water partition coefficient (Wildman–Crippen LogP) is 2.90. The fourth-order valence-corrected chi connectivity index (χ4v) is 2.76. The quantitative estimate of drug-likeness (QED) is 0.662. The molecule has 1 aromatic heterocycles. The maximum Gasteiger partial charge on any atom is 0.262 e. The first-order valence-corrected chi connectivity index (χ1v) is 8.57. The summed E-state index contributed by atoms with van der Waals surface area (Å²) < 4.78 is 11.1. The SMILES string of the molecule is CC(NC(=O)C(C#N)=Cc1ccc(N2CCOCC2)o1)c1ccccc1.